The van der Waals surface area contributed by atoms with E-state index in [-0.39, 0.29) is 18.2 Å². The average Bonchev–Trinajstić information content (AvgIpc) is 2.62. The number of cyclic esters (lactones) is 1. The lowest BCUT2D eigenvalue weighted by atomic mass is 10.3. The van der Waals surface area contributed by atoms with Gasteiger partial charge in [-0.15, -0.1) is 0 Å². The quantitative estimate of drug-likeness (QED) is 0.449. The van der Waals surface area contributed by atoms with Gasteiger partial charge < -0.3 is 9.47 Å². The summed E-state index contributed by atoms with van der Waals surface area (Å²) in [4.78, 5) is 10.7. The van der Waals surface area contributed by atoms with Crippen molar-refractivity contribution in [3.63, 3.8) is 0 Å². The van der Waals surface area contributed by atoms with E-state index in [1.807, 2.05) is 19.1 Å². The zero-order valence-corrected chi connectivity index (χ0v) is 7.27. The van der Waals surface area contributed by atoms with Crippen molar-refractivity contribution in [1.82, 2.24) is 0 Å². The van der Waals surface area contributed by atoms with Gasteiger partial charge in [0.15, 0.2) is 0 Å². The second kappa shape index (κ2) is 3.18. The van der Waals surface area contributed by atoms with E-state index < -0.39 is 0 Å². The molecule has 0 fully saturated rings. The summed E-state index contributed by atoms with van der Waals surface area (Å²) in [5.41, 5.74) is 0. The summed E-state index contributed by atoms with van der Waals surface area (Å²) in [5.74, 6) is 0.245. The van der Waals surface area contributed by atoms with Crippen molar-refractivity contribution < 1.29 is 14.3 Å². The second-order valence-corrected chi connectivity index (χ2v) is 3.01. The molecular formula is C10H10O3. The summed E-state index contributed by atoms with van der Waals surface area (Å²) in [5, 5.41) is 0. The Morgan fingerprint density at radius 1 is 1.38 bits per heavy atom. The standard InChI is InChI=1S/C10H10O3/c1-7-2-3-8(12-7)6-9-4-5-10(11)13-9/h2-8H,1H3/b9-6-. The van der Waals surface area contributed by atoms with Crippen LogP contribution in [0.15, 0.2) is 36.1 Å². The third-order valence-corrected chi connectivity index (χ3v) is 1.87. The minimum Gasteiger partial charge on any atom is -0.424 e. The van der Waals surface area contributed by atoms with E-state index in [0.29, 0.717) is 5.76 Å². The van der Waals surface area contributed by atoms with Gasteiger partial charge in [-0.25, -0.2) is 4.79 Å². The highest BCUT2D eigenvalue weighted by atomic mass is 16.5. The van der Waals surface area contributed by atoms with Gasteiger partial charge in [-0.2, -0.15) is 0 Å². The monoisotopic (exact) mass is 178 g/mol. The maximum Gasteiger partial charge on any atom is 0.336 e. The van der Waals surface area contributed by atoms with Crippen molar-refractivity contribution in [1.29, 1.82) is 0 Å². The lowest BCUT2D eigenvalue weighted by Crippen LogP contribution is -2.07. The first-order valence-corrected chi connectivity index (χ1v) is 4.19. The molecule has 0 aromatic carbocycles. The van der Waals surface area contributed by atoms with Crippen LogP contribution in [0.4, 0.5) is 0 Å². The summed E-state index contributed by atoms with van der Waals surface area (Å²) >= 11 is 0. The number of hydrogen-bond donors (Lipinski definition) is 0. The molecule has 0 aromatic heterocycles. The van der Waals surface area contributed by atoms with Crippen molar-refractivity contribution >= 4 is 5.97 Å². The largest absolute Gasteiger partial charge is 0.424 e. The summed E-state index contributed by atoms with van der Waals surface area (Å²) in [6.45, 7) is 1.96. The Bertz CT molecular complexity index is 312. The lowest BCUT2D eigenvalue weighted by Gasteiger charge is -2.06. The van der Waals surface area contributed by atoms with Crippen molar-refractivity contribution in [2.45, 2.75) is 19.1 Å². The molecule has 3 heteroatoms. The van der Waals surface area contributed by atoms with E-state index in [1.54, 1.807) is 12.2 Å². The average molecular weight is 178 g/mol. The smallest absolute Gasteiger partial charge is 0.336 e. The molecule has 0 saturated heterocycles. The fraction of sp³-hybridized carbons (Fsp3) is 0.300. The van der Waals surface area contributed by atoms with Crippen LogP contribution in [0, 0.1) is 0 Å². The summed E-state index contributed by atoms with van der Waals surface area (Å²) < 4.78 is 10.3. The first-order chi connectivity index (χ1) is 6.24. The number of ether oxygens (including phenoxy) is 2. The topological polar surface area (TPSA) is 35.5 Å². The third kappa shape index (κ3) is 1.87. The molecule has 68 valence electrons. The van der Waals surface area contributed by atoms with Gasteiger partial charge in [0.1, 0.15) is 5.76 Å². The zero-order valence-electron chi connectivity index (χ0n) is 7.27. The molecule has 3 nitrogen and oxygen atoms in total. The first-order valence-electron chi connectivity index (χ1n) is 4.19. The molecule has 0 bridgehead atoms. The van der Waals surface area contributed by atoms with Gasteiger partial charge in [0.05, 0.1) is 12.2 Å². The van der Waals surface area contributed by atoms with Gasteiger partial charge in [0, 0.05) is 6.08 Å². The van der Waals surface area contributed by atoms with Crippen LogP contribution < -0.4 is 0 Å². The summed E-state index contributed by atoms with van der Waals surface area (Å²) in [7, 11) is 0. The van der Waals surface area contributed by atoms with Crippen LogP contribution in [-0.4, -0.2) is 18.2 Å². The molecule has 2 aliphatic rings. The zero-order chi connectivity index (χ0) is 9.26. The molecule has 0 N–H and O–H groups in total. The van der Waals surface area contributed by atoms with Crippen molar-refractivity contribution in [2.75, 3.05) is 0 Å². The molecule has 2 unspecified atom stereocenters. The number of carbonyl (C=O) groups is 1. The molecule has 2 heterocycles. The predicted octanol–water partition coefficient (Wildman–Crippen LogP) is 1.33. The van der Waals surface area contributed by atoms with E-state index in [9.17, 15) is 4.79 Å². The van der Waals surface area contributed by atoms with Gasteiger partial charge in [-0.3, -0.25) is 0 Å². The predicted molar refractivity (Wildman–Crippen MR) is 46.8 cm³/mol. The van der Waals surface area contributed by atoms with Crippen LogP contribution in [0.25, 0.3) is 0 Å². The fourth-order valence-corrected chi connectivity index (χ4v) is 1.29. The minimum atomic E-state index is -0.318. The van der Waals surface area contributed by atoms with Gasteiger partial charge in [-0.1, -0.05) is 12.2 Å². The van der Waals surface area contributed by atoms with Gasteiger partial charge in [0.25, 0.3) is 0 Å². The van der Waals surface area contributed by atoms with E-state index >= 15 is 0 Å². The Balaban J connectivity index is 2.02. The maximum absolute atomic E-state index is 10.7. The number of rotatable bonds is 1. The second-order valence-electron chi connectivity index (χ2n) is 3.01. The third-order valence-electron chi connectivity index (χ3n) is 1.87. The van der Waals surface area contributed by atoms with Crippen LogP contribution in [0.3, 0.4) is 0 Å². The number of esters is 1. The molecule has 2 aliphatic heterocycles. The van der Waals surface area contributed by atoms with E-state index in [2.05, 4.69) is 0 Å². The van der Waals surface area contributed by atoms with Crippen molar-refractivity contribution in [3.05, 3.63) is 36.1 Å². The molecule has 0 spiro atoms. The van der Waals surface area contributed by atoms with Crippen LogP contribution in [0.2, 0.25) is 0 Å². The van der Waals surface area contributed by atoms with Crippen molar-refractivity contribution in [2.24, 2.45) is 0 Å². The molecule has 0 aromatic rings. The minimum absolute atomic E-state index is 0.0689. The normalized spacial score (nSPS) is 34.5. The van der Waals surface area contributed by atoms with Crippen LogP contribution in [0.1, 0.15) is 6.92 Å². The van der Waals surface area contributed by atoms with Gasteiger partial charge in [0.2, 0.25) is 0 Å². The van der Waals surface area contributed by atoms with E-state index in [4.69, 9.17) is 9.47 Å². The Hall–Kier alpha value is -1.35. The summed E-state index contributed by atoms with van der Waals surface area (Å²) in [6.07, 6.45) is 8.81. The van der Waals surface area contributed by atoms with Crippen LogP contribution in [-0.2, 0) is 14.3 Å². The lowest BCUT2D eigenvalue weighted by molar-refractivity contribution is -0.132. The van der Waals surface area contributed by atoms with E-state index in [0.717, 1.165) is 0 Å². The molecule has 0 amide bonds. The summed E-state index contributed by atoms with van der Waals surface area (Å²) in [6, 6.07) is 0. The van der Waals surface area contributed by atoms with Crippen LogP contribution in [0.5, 0.6) is 0 Å². The maximum atomic E-state index is 10.7. The molecular weight excluding hydrogens is 168 g/mol. The van der Waals surface area contributed by atoms with E-state index in [1.165, 1.54) is 6.08 Å². The highest BCUT2D eigenvalue weighted by Crippen LogP contribution is 2.16. The SMILES string of the molecule is CC1C=CC(/C=C2/C=CC(=O)O2)O1. The number of carbonyl (C=O) groups excluding carboxylic acids is 1. The Morgan fingerprint density at radius 3 is 2.77 bits per heavy atom. The molecule has 0 aliphatic carbocycles. The van der Waals surface area contributed by atoms with Gasteiger partial charge >= 0.3 is 5.97 Å². The highest BCUT2D eigenvalue weighted by molar-refractivity contribution is 5.86. The Morgan fingerprint density at radius 2 is 2.23 bits per heavy atom. The molecule has 13 heavy (non-hydrogen) atoms. The molecule has 0 radical (unpaired) electrons. The number of hydrogen-bond acceptors (Lipinski definition) is 3. The highest BCUT2D eigenvalue weighted by Gasteiger charge is 2.16. The molecule has 0 saturated carbocycles. The molecule has 2 atom stereocenters. The number of allylic oxidation sites excluding steroid dienone is 1. The van der Waals surface area contributed by atoms with Crippen molar-refractivity contribution in [3.8, 4) is 0 Å². The fourth-order valence-electron chi connectivity index (χ4n) is 1.29. The Labute approximate surface area is 76.3 Å². The van der Waals surface area contributed by atoms with Crippen LogP contribution >= 0.6 is 0 Å². The molecule has 2 rings (SSSR count). The van der Waals surface area contributed by atoms with Gasteiger partial charge in [-0.05, 0) is 19.1 Å². The Kier molecular flexibility index (Phi) is 2.02. The first kappa shape index (κ1) is 8.26.